The molecule has 0 spiro atoms. The lowest BCUT2D eigenvalue weighted by molar-refractivity contribution is 0.414. The fourth-order valence-electron chi connectivity index (χ4n) is 3.89. The molecule has 0 radical (unpaired) electrons. The van der Waals surface area contributed by atoms with Crippen molar-refractivity contribution >= 4 is 10.0 Å². The van der Waals surface area contributed by atoms with E-state index in [0.717, 1.165) is 31.4 Å². The molecule has 1 aromatic rings. The van der Waals surface area contributed by atoms with E-state index < -0.39 is 10.0 Å². The second kappa shape index (κ2) is 7.22. The summed E-state index contributed by atoms with van der Waals surface area (Å²) in [6, 6.07) is 8.10. The second-order valence-electron chi connectivity index (χ2n) is 6.99. The molecule has 2 fully saturated rings. The fraction of sp³-hybridized carbons (Fsp3) is 0.667. The Hall–Kier alpha value is -1.07. The number of methoxy groups -OCH3 is 1. The van der Waals surface area contributed by atoms with Crippen molar-refractivity contribution in [3.63, 3.8) is 0 Å². The van der Waals surface area contributed by atoms with E-state index in [1.807, 2.05) is 12.1 Å². The van der Waals surface area contributed by atoms with Gasteiger partial charge in [-0.3, -0.25) is 0 Å². The highest BCUT2D eigenvalue weighted by molar-refractivity contribution is 7.89. The first-order chi connectivity index (χ1) is 11.1. The molecule has 128 valence electrons. The average molecular weight is 337 g/mol. The summed E-state index contributed by atoms with van der Waals surface area (Å²) in [7, 11) is -1.40. The van der Waals surface area contributed by atoms with Gasteiger partial charge in [0.05, 0.1) is 12.9 Å². The van der Waals surface area contributed by atoms with Crippen LogP contribution < -0.4 is 4.74 Å². The lowest BCUT2D eigenvalue weighted by Crippen LogP contribution is -2.33. The van der Waals surface area contributed by atoms with Crippen LogP contribution in [-0.2, 0) is 16.4 Å². The van der Waals surface area contributed by atoms with Crippen LogP contribution in [0.1, 0.15) is 37.7 Å². The smallest absolute Gasteiger partial charge is 0.214 e. The van der Waals surface area contributed by atoms with Crippen LogP contribution in [0.2, 0.25) is 0 Å². The Labute approximate surface area is 139 Å². The number of hydrogen-bond acceptors (Lipinski definition) is 3. The second-order valence-corrected chi connectivity index (χ2v) is 9.01. The summed E-state index contributed by atoms with van der Waals surface area (Å²) in [4.78, 5) is 0. The molecule has 3 rings (SSSR count). The maximum absolute atomic E-state index is 12.6. The Kier molecular flexibility index (Phi) is 5.27. The summed E-state index contributed by atoms with van der Waals surface area (Å²) < 4.78 is 32.1. The Morgan fingerprint density at radius 2 is 1.78 bits per heavy atom. The van der Waals surface area contributed by atoms with Crippen molar-refractivity contribution in [3.05, 3.63) is 29.8 Å². The van der Waals surface area contributed by atoms with E-state index in [1.165, 1.54) is 18.4 Å². The standard InChI is InChI=1S/C18H27NO3S/c1-22-18-8-6-15(7-9-18)12-17-10-11-19(13-17)23(20,21)14-16-4-2-3-5-16/h6-9,16-17H,2-5,10-14H2,1H3. The highest BCUT2D eigenvalue weighted by atomic mass is 32.2. The molecular weight excluding hydrogens is 310 g/mol. The minimum absolute atomic E-state index is 0.363. The number of hydrogen-bond donors (Lipinski definition) is 0. The van der Waals surface area contributed by atoms with Gasteiger partial charge in [0.2, 0.25) is 10.0 Å². The molecule has 5 heteroatoms. The summed E-state index contributed by atoms with van der Waals surface area (Å²) in [5, 5.41) is 0. The number of nitrogens with zero attached hydrogens (tertiary/aromatic N) is 1. The van der Waals surface area contributed by atoms with Crippen LogP contribution in [0, 0.1) is 11.8 Å². The van der Waals surface area contributed by atoms with Gasteiger partial charge in [0.25, 0.3) is 0 Å². The third-order valence-corrected chi connectivity index (χ3v) is 7.26. The van der Waals surface area contributed by atoms with E-state index in [4.69, 9.17) is 4.74 Å². The number of benzene rings is 1. The lowest BCUT2D eigenvalue weighted by Gasteiger charge is -2.19. The van der Waals surface area contributed by atoms with Gasteiger partial charge in [0.15, 0.2) is 0 Å². The number of ether oxygens (including phenoxy) is 1. The maximum Gasteiger partial charge on any atom is 0.214 e. The molecule has 0 aromatic heterocycles. The van der Waals surface area contributed by atoms with Crippen molar-refractivity contribution in [2.45, 2.75) is 38.5 Å². The van der Waals surface area contributed by atoms with Crippen LogP contribution in [0.3, 0.4) is 0 Å². The monoisotopic (exact) mass is 337 g/mol. The Morgan fingerprint density at radius 3 is 2.43 bits per heavy atom. The van der Waals surface area contributed by atoms with Gasteiger partial charge in [-0.25, -0.2) is 12.7 Å². The molecule has 0 bridgehead atoms. The van der Waals surface area contributed by atoms with Gasteiger partial charge in [-0.15, -0.1) is 0 Å². The first kappa shape index (κ1) is 16.8. The van der Waals surface area contributed by atoms with Crippen molar-refractivity contribution in [2.24, 2.45) is 11.8 Å². The van der Waals surface area contributed by atoms with Crippen LogP contribution in [-0.4, -0.2) is 38.7 Å². The molecule has 1 saturated carbocycles. The molecular formula is C18H27NO3S. The van der Waals surface area contributed by atoms with Gasteiger partial charge in [-0.1, -0.05) is 25.0 Å². The van der Waals surface area contributed by atoms with Gasteiger partial charge in [-0.05, 0) is 55.2 Å². The third-order valence-electron chi connectivity index (χ3n) is 5.25. The minimum Gasteiger partial charge on any atom is -0.497 e. The Balaban J connectivity index is 1.54. The van der Waals surface area contributed by atoms with E-state index in [-0.39, 0.29) is 0 Å². The first-order valence-corrected chi connectivity index (χ1v) is 10.3. The predicted molar refractivity (Wildman–Crippen MR) is 92.1 cm³/mol. The van der Waals surface area contributed by atoms with Gasteiger partial charge < -0.3 is 4.74 Å². The summed E-state index contributed by atoms with van der Waals surface area (Å²) in [5.41, 5.74) is 1.26. The quantitative estimate of drug-likeness (QED) is 0.801. The molecule has 4 nitrogen and oxygen atoms in total. The number of sulfonamides is 1. The van der Waals surface area contributed by atoms with Crippen LogP contribution in [0.4, 0.5) is 0 Å². The van der Waals surface area contributed by atoms with Crippen LogP contribution in [0.25, 0.3) is 0 Å². The summed E-state index contributed by atoms with van der Waals surface area (Å²) in [6.45, 7) is 1.37. The van der Waals surface area contributed by atoms with Crippen molar-refractivity contribution in [1.29, 1.82) is 0 Å². The molecule has 0 N–H and O–H groups in total. The van der Waals surface area contributed by atoms with Gasteiger partial charge in [0, 0.05) is 13.1 Å². The lowest BCUT2D eigenvalue weighted by atomic mass is 9.99. The summed E-state index contributed by atoms with van der Waals surface area (Å²) >= 11 is 0. The molecule has 1 aliphatic heterocycles. The largest absolute Gasteiger partial charge is 0.497 e. The Bertz CT molecular complexity index is 606. The molecule has 2 aliphatic rings. The normalized spacial score (nSPS) is 23.4. The van der Waals surface area contributed by atoms with Crippen LogP contribution in [0.15, 0.2) is 24.3 Å². The molecule has 1 unspecified atom stereocenters. The molecule has 1 heterocycles. The zero-order valence-electron chi connectivity index (χ0n) is 13.9. The van der Waals surface area contributed by atoms with Gasteiger partial charge >= 0.3 is 0 Å². The molecule has 1 atom stereocenters. The maximum atomic E-state index is 12.6. The molecule has 1 aromatic carbocycles. The molecule has 1 aliphatic carbocycles. The fourth-order valence-corrected chi connectivity index (χ4v) is 5.85. The van der Waals surface area contributed by atoms with E-state index in [2.05, 4.69) is 12.1 Å². The molecule has 0 amide bonds. The van der Waals surface area contributed by atoms with Gasteiger partial charge in [0.1, 0.15) is 5.75 Å². The zero-order chi connectivity index (χ0) is 16.3. The van der Waals surface area contributed by atoms with Crippen LogP contribution in [0.5, 0.6) is 5.75 Å². The Morgan fingerprint density at radius 1 is 1.09 bits per heavy atom. The van der Waals surface area contributed by atoms with E-state index >= 15 is 0 Å². The third kappa shape index (κ3) is 4.27. The number of rotatable bonds is 6. The van der Waals surface area contributed by atoms with Gasteiger partial charge in [-0.2, -0.15) is 0 Å². The molecule has 23 heavy (non-hydrogen) atoms. The van der Waals surface area contributed by atoms with E-state index in [1.54, 1.807) is 11.4 Å². The highest BCUT2D eigenvalue weighted by Crippen LogP contribution is 2.29. The highest BCUT2D eigenvalue weighted by Gasteiger charge is 2.33. The average Bonchev–Trinajstić information content (AvgIpc) is 3.20. The zero-order valence-corrected chi connectivity index (χ0v) is 14.7. The van der Waals surface area contributed by atoms with Crippen molar-refractivity contribution in [3.8, 4) is 5.75 Å². The van der Waals surface area contributed by atoms with Crippen molar-refractivity contribution < 1.29 is 13.2 Å². The minimum atomic E-state index is -3.07. The molecule has 1 saturated heterocycles. The van der Waals surface area contributed by atoms with E-state index in [9.17, 15) is 8.42 Å². The summed E-state index contributed by atoms with van der Waals surface area (Å²) in [5.74, 6) is 2.05. The van der Waals surface area contributed by atoms with Crippen molar-refractivity contribution in [1.82, 2.24) is 4.31 Å². The van der Waals surface area contributed by atoms with E-state index in [0.29, 0.717) is 30.7 Å². The van der Waals surface area contributed by atoms with Crippen LogP contribution >= 0.6 is 0 Å². The SMILES string of the molecule is COc1ccc(CC2CCN(S(=O)(=O)CC3CCCC3)C2)cc1. The van der Waals surface area contributed by atoms with Crippen molar-refractivity contribution in [2.75, 3.05) is 26.0 Å². The predicted octanol–water partition coefficient (Wildman–Crippen LogP) is 3.08. The summed E-state index contributed by atoms with van der Waals surface area (Å²) in [6.07, 6.45) is 6.47. The first-order valence-electron chi connectivity index (χ1n) is 8.67. The topological polar surface area (TPSA) is 46.6 Å².